The number of nitrogens with one attached hydrogen (secondary N) is 1. The van der Waals surface area contributed by atoms with E-state index in [1.807, 2.05) is 18.2 Å². The van der Waals surface area contributed by atoms with Crippen LogP contribution >= 0.6 is 11.8 Å². The molecule has 0 saturated heterocycles. The Bertz CT molecular complexity index is 1210. The lowest BCUT2D eigenvalue weighted by Gasteiger charge is -2.06. The van der Waals surface area contributed by atoms with Crippen molar-refractivity contribution in [2.24, 2.45) is 0 Å². The average molecular weight is 417 g/mol. The van der Waals surface area contributed by atoms with Crippen molar-refractivity contribution in [1.29, 1.82) is 0 Å². The maximum absolute atomic E-state index is 12.4. The molecule has 1 N–H and O–H groups in total. The minimum atomic E-state index is -0.141. The zero-order chi connectivity index (χ0) is 21.1. The molecule has 1 amide bonds. The number of thioether (sulfide) groups is 1. The van der Waals surface area contributed by atoms with Crippen molar-refractivity contribution in [1.82, 2.24) is 14.6 Å². The number of benzene rings is 2. The molecule has 0 aliphatic heterocycles. The number of hydrogen-bond donors (Lipinski definition) is 1. The summed E-state index contributed by atoms with van der Waals surface area (Å²) in [5.74, 6) is 0.0673. The molecule has 2 heterocycles. The van der Waals surface area contributed by atoms with Gasteiger partial charge in [-0.1, -0.05) is 41.6 Å². The van der Waals surface area contributed by atoms with Gasteiger partial charge in [0.15, 0.2) is 5.78 Å². The van der Waals surface area contributed by atoms with Crippen LogP contribution in [0.5, 0.6) is 0 Å². The largest absolute Gasteiger partial charge is 0.325 e. The predicted molar refractivity (Wildman–Crippen MR) is 119 cm³/mol. The lowest BCUT2D eigenvalue weighted by molar-refractivity contribution is -0.113. The standard InChI is InChI=1S/C23H20N4O2S/c1-15-3-5-18(6-4-15)20-13-21-23(24-11-12-27(21)26-20)30-14-22(29)25-19-9-7-17(8-10-19)16(2)28/h3-13H,14H2,1-2H3,(H,25,29). The molecule has 0 saturated carbocycles. The Morgan fingerprint density at radius 2 is 1.80 bits per heavy atom. The molecular formula is C23H20N4O2S. The van der Waals surface area contributed by atoms with E-state index in [1.54, 1.807) is 41.2 Å². The Hall–Kier alpha value is -3.45. The molecule has 2 aromatic heterocycles. The van der Waals surface area contributed by atoms with E-state index in [1.165, 1.54) is 24.2 Å². The highest BCUT2D eigenvalue weighted by Crippen LogP contribution is 2.26. The molecule has 4 rings (SSSR count). The van der Waals surface area contributed by atoms with Gasteiger partial charge in [0.25, 0.3) is 0 Å². The van der Waals surface area contributed by atoms with Gasteiger partial charge in [-0.3, -0.25) is 9.59 Å². The fourth-order valence-electron chi connectivity index (χ4n) is 2.99. The molecule has 7 heteroatoms. The van der Waals surface area contributed by atoms with Gasteiger partial charge < -0.3 is 5.32 Å². The molecule has 0 spiro atoms. The Morgan fingerprint density at radius 3 is 2.50 bits per heavy atom. The summed E-state index contributed by atoms with van der Waals surface area (Å²) in [6.45, 7) is 3.56. The number of ketones is 1. The molecule has 0 fully saturated rings. The van der Waals surface area contributed by atoms with Gasteiger partial charge in [-0.05, 0) is 44.2 Å². The van der Waals surface area contributed by atoms with E-state index in [2.05, 4.69) is 34.5 Å². The van der Waals surface area contributed by atoms with Crippen LogP contribution < -0.4 is 5.32 Å². The molecule has 4 aromatic rings. The summed E-state index contributed by atoms with van der Waals surface area (Å²) in [5, 5.41) is 8.21. The first-order valence-electron chi connectivity index (χ1n) is 9.45. The van der Waals surface area contributed by atoms with Gasteiger partial charge in [-0.25, -0.2) is 9.50 Å². The van der Waals surface area contributed by atoms with Crippen molar-refractivity contribution in [3.63, 3.8) is 0 Å². The first-order chi connectivity index (χ1) is 14.5. The summed E-state index contributed by atoms with van der Waals surface area (Å²) in [4.78, 5) is 28.1. The van der Waals surface area contributed by atoms with Crippen LogP contribution in [0.15, 0.2) is 72.0 Å². The van der Waals surface area contributed by atoms with E-state index in [0.29, 0.717) is 11.3 Å². The molecule has 0 unspecified atom stereocenters. The summed E-state index contributed by atoms with van der Waals surface area (Å²) < 4.78 is 1.78. The highest BCUT2D eigenvalue weighted by atomic mass is 32.2. The zero-order valence-corrected chi connectivity index (χ0v) is 17.4. The monoisotopic (exact) mass is 416 g/mol. The first kappa shape index (κ1) is 19.8. The Labute approximate surface area is 178 Å². The van der Waals surface area contributed by atoms with Crippen LogP contribution in [0, 0.1) is 6.92 Å². The van der Waals surface area contributed by atoms with Gasteiger partial charge in [0.1, 0.15) is 5.03 Å². The van der Waals surface area contributed by atoms with Crippen molar-refractivity contribution < 1.29 is 9.59 Å². The number of aryl methyl sites for hydroxylation is 1. The summed E-state index contributed by atoms with van der Waals surface area (Å²) in [7, 11) is 0. The molecule has 0 radical (unpaired) electrons. The van der Waals surface area contributed by atoms with Gasteiger partial charge in [0.2, 0.25) is 5.91 Å². The molecule has 30 heavy (non-hydrogen) atoms. The Balaban J connectivity index is 1.46. The predicted octanol–water partition coefficient (Wildman–Crippen LogP) is 4.64. The van der Waals surface area contributed by atoms with Crippen molar-refractivity contribution in [2.45, 2.75) is 18.9 Å². The topological polar surface area (TPSA) is 76.4 Å². The van der Waals surface area contributed by atoms with E-state index in [0.717, 1.165) is 21.8 Å². The van der Waals surface area contributed by atoms with Gasteiger partial charge >= 0.3 is 0 Å². The number of nitrogens with zero attached hydrogens (tertiary/aromatic N) is 3. The number of aromatic nitrogens is 3. The third kappa shape index (κ3) is 4.41. The molecule has 150 valence electrons. The first-order valence-corrected chi connectivity index (χ1v) is 10.4. The normalized spacial score (nSPS) is 10.9. The van der Waals surface area contributed by atoms with E-state index in [9.17, 15) is 9.59 Å². The highest BCUT2D eigenvalue weighted by Gasteiger charge is 2.12. The van der Waals surface area contributed by atoms with Gasteiger partial charge in [-0.2, -0.15) is 5.10 Å². The van der Waals surface area contributed by atoms with Crippen molar-refractivity contribution >= 4 is 34.7 Å². The van der Waals surface area contributed by atoms with Crippen molar-refractivity contribution in [2.75, 3.05) is 11.1 Å². The van der Waals surface area contributed by atoms with Gasteiger partial charge in [0.05, 0.1) is 17.0 Å². The van der Waals surface area contributed by atoms with Crippen molar-refractivity contribution in [3.05, 3.63) is 78.1 Å². The second-order valence-corrected chi connectivity index (χ2v) is 7.89. The van der Waals surface area contributed by atoms with Crippen LogP contribution in [-0.4, -0.2) is 32.0 Å². The fourth-order valence-corrected chi connectivity index (χ4v) is 3.77. The second-order valence-electron chi connectivity index (χ2n) is 6.93. The fraction of sp³-hybridized carbons (Fsp3) is 0.130. The number of anilines is 1. The number of carbonyl (C=O) groups is 2. The van der Waals surface area contributed by atoms with Gasteiger partial charge in [-0.15, -0.1) is 0 Å². The average Bonchev–Trinajstić information content (AvgIpc) is 3.18. The summed E-state index contributed by atoms with van der Waals surface area (Å²) in [5.41, 5.74) is 5.22. The lowest BCUT2D eigenvalue weighted by Crippen LogP contribution is -2.14. The van der Waals surface area contributed by atoms with Crippen LogP contribution in [-0.2, 0) is 4.79 Å². The zero-order valence-electron chi connectivity index (χ0n) is 16.6. The SMILES string of the molecule is CC(=O)c1ccc(NC(=O)CSc2nccn3nc(-c4ccc(C)cc4)cc23)cc1. The number of hydrogen-bond acceptors (Lipinski definition) is 5. The third-order valence-electron chi connectivity index (χ3n) is 4.62. The summed E-state index contributed by atoms with van der Waals surface area (Å²) in [6, 6.07) is 17.0. The number of carbonyl (C=O) groups excluding carboxylic acids is 2. The molecule has 0 atom stereocenters. The molecule has 2 aromatic carbocycles. The molecule has 6 nitrogen and oxygen atoms in total. The lowest BCUT2D eigenvalue weighted by atomic mass is 10.1. The number of Topliss-reactive ketones (excluding diaryl/α,β-unsaturated/α-hetero) is 1. The number of rotatable bonds is 6. The van der Waals surface area contributed by atoms with E-state index in [-0.39, 0.29) is 17.4 Å². The summed E-state index contributed by atoms with van der Waals surface area (Å²) in [6.07, 6.45) is 3.48. The Kier molecular flexibility index (Phi) is 5.63. The molecule has 0 aliphatic rings. The van der Waals surface area contributed by atoms with Crippen LogP contribution in [0.1, 0.15) is 22.8 Å². The van der Waals surface area contributed by atoms with E-state index >= 15 is 0 Å². The summed E-state index contributed by atoms with van der Waals surface area (Å²) >= 11 is 1.36. The number of amides is 1. The Morgan fingerprint density at radius 1 is 1.07 bits per heavy atom. The van der Waals surface area contributed by atoms with Crippen LogP contribution in [0.3, 0.4) is 0 Å². The van der Waals surface area contributed by atoms with E-state index < -0.39 is 0 Å². The maximum atomic E-state index is 12.4. The highest BCUT2D eigenvalue weighted by molar-refractivity contribution is 8.00. The molecule has 0 aliphatic carbocycles. The van der Waals surface area contributed by atoms with Gasteiger partial charge in [0, 0.05) is 29.2 Å². The third-order valence-corrected chi connectivity index (χ3v) is 5.61. The minimum Gasteiger partial charge on any atom is -0.325 e. The number of fused-ring (bicyclic) bond motifs is 1. The van der Waals surface area contributed by atoms with Crippen LogP contribution in [0.2, 0.25) is 0 Å². The van der Waals surface area contributed by atoms with E-state index in [4.69, 9.17) is 0 Å². The quantitative estimate of drug-likeness (QED) is 0.366. The maximum Gasteiger partial charge on any atom is 0.234 e. The van der Waals surface area contributed by atoms with Crippen LogP contribution in [0.4, 0.5) is 5.69 Å². The minimum absolute atomic E-state index is 0.00610. The van der Waals surface area contributed by atoms with Crippen LogP contribution in [0.25, 0.3) is 16.8 Å². The second kappa shape index (κ2) is 8.51. The smallest absolute Gasteiger partial charge is 0.234 e. The molecule has 0 bridgehead atoms. The van der Waals surface area contributed by atoms with Crippen molar-refractivity contribution in [3.8, 4) is 11.3 Å². The molecular weight excluding hydrogens is 396 g/mol.